The SMILES string of the molecule is CCNc1nc(NCC2CCCC2)c2ccsc2n1. The van der Waals surface area contributed by atoms with Gasteiger partial charge in [0, 0.05) is 13.1 Å². The third kappa shape index (κ3) is 2.81. The molecule has 102 valence electrons. The van der Waals surface area contributed by atoms with E-state index in [2.05, 4.69) is 39.0 Å². The smallest absolute Gasteiger partial charge is 0.226 e. The molecule has 2 heterocycles. The Morgan fingerprint density at radius 2 is 2.11 bits per heavy atom. The van der Waals surface area contributed by atoms with Crippen LogP contribution >= 0.6 is 11.3 Å². The number of aromatic nitrogens is 2. The molecule has 0 unspecified atom stereocenters. The highest BCUT2D eigenvalue weighted by atomic mass is 32.1. The molecule has 1 aliphatic carbocycles. The highest BCUT2D eigenvalue weighted by Crippen LogP contribution is 2.29. The summed E-state index contributed by atoms with van der Waals surface area (Å²) < 4.78 is 0. The number of nitrogens with one attached hydrogen (secondary N) is 2. The van der Waals surface area contributed by atoms with Crippen LogP contribution in [0, 0.1) is 5.92 Å². The first kappa shape index (κ1) is 12.7. The van der Waals surface area contributed by atoms with Crippen LogP contribution in [0.4, 0.5) is 11.8 Å². The lowest BCUT2D eigenvalue weighted by atomic mass is 10.1. The monoisotopic (exact) mass is 276 g/mol. The molecule has 2 aromatic heterocycles. The molecule has 0 aliphatic heterocycles. The molecule has 19 heavy (non-hydrogen) atoms. The summed E-state index contributed by atoms with van der Waals surface area (Å²) in [6.07, 6.45) is 5.47. The highest BCUT2D eigenvalue weighted by Gasteiger charge is 2.16. The molecule has 0 radical (unpaired) electrons. The van der Waals surface area contributed by atoms with Crippen molar-refractivity contribution >= 4 is 33.3 Å². The molecule has 1 saturated carbocycles. The minimum atomic E-state index is 0.728. The van der Waals surface area contributed by atoms with E-state index in [1.165, 1.54) is 25.7 Å². The fourth-order valence-electron chi connectivity index (χ4n) is 2.68. The van der Waals surface area contributed by atoms with E-state index in [1.807, 2.05) is 0 Å². The number of nitrogens with zero attached hydrogens (tertiary/aromatic N) is 2. The van der Waals surface area contributed by atoms with E-state index >= 15 is 0 Å². The lowest BCUT2D eigenvalue weighted by molar-refractivity contribution is 0.579. The fraction of sp³-hybridized carbons (Fsp3) is 0.571. The van der Waals surface area contributed by atoms with Crippen LogP contribution in [-0.4, -0.2) is 23.1 Å². The van der Waals surface area contributed by atoms with E-state index in [1.54, 1.807) is 11.3 Å². The normalized spacial score (nSPS) is 16.1. The lowest BCUT2D eigenvalue weighted by Gasteiger charge is -2.13. The van der Waals surface area contributed by atoms with Gasteiger partial charge in [0.25, 0.3) is 0 Å². The summed E-state index contributed by atoms with van der Waals surface area (Å²) in [5.74, 6) is 2.52. The summed E-state index contributed by atoms with van der Waals surface area (Å²) in [5, 5.41) is 9.95. The second kappa shape index (κ2) is 5.74. The maximum Gasteiger partial charge on any atom is 0.226 e. The molecule has 4 nitrogen and oxygen atoms in total. The Morgan fingerprint density at radius 3 is 2.89 bits per heavy atom. The largest absolute Gasteiger partial charge is 0.369 e. The van der Waals surface area contributed by atoms with Crippen LogP contribution in [0.3, 0.4) is 0 Å². The molecule has 0 saturated heterocycles. The molecule has 0 amide bonds. The van der Waals surface area contributed by atoms with Gasteiger partial charge >= 0.3 is 0 Å². The summed E-state index contributed by atoms with van der Waals surface area (Å²) in [7, 11) is 0. The van der Waals surface area contributed by atoms with Crippen molar-refractivity contribution in [3.05, 3.63) is 11.4 Å². The van der Waals surface area contributed by atoms with Crippen molar-refractivity contribution < 1.29 is 0 Å². The van der Waals surface area contributed by atoms with E-state index in [4.69, 9.17) is 0 Å². The average molecular weight is 276 g/mol. The minimum Gasteiger partial charge on any atom is -0.369 e. The number of hydrogen-bond acceptors (Lipinski definition) is 5. The van der Waals surface area contributed by atoms with E-state index in [-0.39, 0.29) is 0 Å². The molecule has 1 fully saturated rings. The topological polar surface area (TPSA) is 49.8 Å². The van der Waals surface area contributed by atoms with Crippen LogP contribution in [0.2, 0.25) is 0 Å². The molecule has 2 N–H and O–H groups in total. The minimum absolute atomic E-state index is 0.728. The third-order valence-electron chi connectivity index (χ3n) is 3.69. The zero-order valence-electron chi connectivity index (χ0n) is 11.3. The van der Waals surface area contributed by atoms with Gasteiger partial charge in [0.05, 0.1) is 5.39 Å². The number of rotatable bonds is 5. The molecule has 0 spiro atoms. The van der Waals surface area contributed by atoms with Crippen LogP contribution in [0.5, 0.6) is 0 Å². The summed E-state index contributed by atoms with van der Waals surface area (Å²) in [6.45, 7) is 3.94. The molecule has 0 bridgehead atoms. The molecular formula is C14H20N4S. The van der Waals surface area contributed by atoms with Crippen LogP contribution in [0.1, 0.15) is 32.6 Å². The zero-order chi connectivity index (χ0) is 13.1. The van der Waals surface area contributed by atoms with Gasteiger partial charge in [0.1, 0.15) is 10.6 Å². The van der Waals surface area contributed by atoms with Gasteiger partial charge in [0.15, 0.2) is 0 Å². The van der Waals surface area contributed by atoms with Gasteiger partial charge in [-0.2, -0.15) is 4.98 Å². The maximum atomic E-state index is 4.60. The van der Waals surface area contributed by atoms with Gasteiger partial charge in [-0.15, -0.1) is 11.3 Å². The van der Waals surface area contributed by atoms with E-state index in [0.717, 1.165) is 41.0 Å². The van der Waals surface area contributed by atoms with Gasteiger partial charge in [0.2, 0.25) is 5.95 Å². The first-order valence-corrected chi connectivity index (χ1v) is 7.97. The van der Waals surface area contributed by atoms with Crippen molar-refractivity contribution in [1.29, 1.82) is 0 Å². The Bertz CT molecular complexity index is 545. The van der Waals surface area contributed by atoms with Crippen molar-refractivity contribution in [2.75, 3.05) is 23.7 Å². The lowest BCUT2D eigenvalue weighted by Crippen LogP contribution is -2.13. The molecule has 5 heteroatoms. The average Bonchev–Trinajstić information content (AvgIpc) is 3.07. The van der Waals surface area contributed by atoms with Crippen LogP contribution in [0.25, 0.3) is 10.2 Å². The standard InChI is InChI=1S/C14H20N4S/c1-2-15-14-17-12(11-7-8-19-13(11)18-14)16-9-10-5-3-4-6-10/h7-8,10H,2-6,9H2,1H3,(H2,15,16,17,18). The Labute approximate surface area is 117 Å². The number of thiophene rings is 1. The third-order valence-corrected chi connectivity index (χ3v) is 4.50. The molecular weight excluding hydrogens is 256 g/mol. The van der Waals surface area contributed by atoms with Gasteiger partial charge in [-0.25, -0.2) is 4.98 Å². The van der Waals surface area contributed by atoms with Gasteiger partial charge in [-0.1, -0.05) is 12.8 Å². The fourth-order valence-corrected chi connectivity index (χ4v) is 3.45. The molecule has 1 aliphatic rings. The summed E-state index contributed by atoms with van der Waals surface area (Å²) >= 11 is 1.67. The Kier molecular flexibility index (Phi) is 3.82. The maximum absolute atomic E-state index is 4.60. The van der Waals surface area contributed by atoms with Crippen molar-refractivity contribution in [1.82, 2.24) is 9.97 Å². The second-order valence-electron chi connectivity index (χ2n) is 5.10. The Hall–Kier alpha value is -1.36. The molecule has 0 aromatic carbocycles. The van der Waals surface area contributed by atoms with Gasteiger partial charge < -0.3 is 10.6 Å². The van der Waals surface area contributed by atoms with E-state index in [0.29, 0.717) is 0 Å². The number of hydrogen-bond donors (Lipinski definition) is 2. The van der Waals surface area contributed by atoms with Crippen LogP contribution < -0.4 is 10.6 Å². The van der Waals surface area contributed by atoms with Crippen molar-refractivity contribution in [3.8, 4) is 0 Å². The second-order valence-corrected chi connectivity index (χ2v) is 5.99. The predicted molar refractivity (Wildman–Crippen MR) is 82.0 cm³/mol. The molecule has 0 atom stereocenters. The molecule has 3 rings (SSSR count). The highest BCUT2D eigenvalue weighted by molar-refractivity contribution is 7.16. The summed E-state index contributed by atoms with van der Waals surface area (Å²) in [6, 6.07) is 2.10. The quantitative estimate of drug-likeness (QED) is 0.873. The zero-order valence-corrected chi connectivity index (χ0v) is 12.1. The van der Waals surface area contributed by atoms with Crippen LogP contribution in [0.15, 0.2) is 11.4 Å². The first-order chi connectivity index (χ1) is 9.36. The Morgan fingerprint density at radius 1 is 1.26 bits per heavy atom. The van der Waals surface area contributed by atoms with E-state index in [9.17, 15) is 0 Å². The van der Waals surface area contributed by atoms with Crippen molar-refractivity contribution in [3.63, 3.8) is 0 Å². The Balaban J connectivity index is 1.80. The van der Waals surface area contributed by atoms with Gasteiger partial charge in [-0.3, -0.25) is 0 Å². The summed E-state index contributed by atoms with van der Waals surface area (Å²) in [4.78, 5) is 10.2. The number of fused-ring (bicyclic) bond motifs is 1. The predicted octanol–water partition coefficient (Wildman–Crippen LogP) is 3.73. The van der Waals surface area contributed by atoms with E-state index < -0.39 is 0 Å². The van der Waals surface area contributed by atoms with Crippen molar-refractivity contribution in [2.24, 2.45) is 5.92 Å². The van der Waals surface area contributed by atoms with Crippen LogP contribution in [-0.2, 0) is 0 Å². The van der Waals surface area contributed by atoms with Crippen molar-refractivity contribution in [2.45, 2.75) is 32.6 Å². The molecule has 2 aromatic rings. The first-order valence-electron chi connectivity index (χ1n) is 7.10. The number of anilines is 2. The summed E-state index contributed by atoms with van der Waals surface area (Å²) in [5.41, 5.74) is 0. The van der Waals surface area contributed by atoms with Gasteiger partial charge in [-0.05, 0) is 37.1 Å².